The Balaban J connectivity index is 2.07. The number of carboxylic acid groups (broad SMARTS) is 1. The number of hydrogen-bond acceptors (Lipinski definition) is 3. The Morgan fingerprint density at radius 3 is 2.30 bits per heavy atom. The van der Waals surface area contributed by atoms with E-state index in [2.05, 4.69) is 5.32 Å². The number of benzene rings is 3. The van der Waals surface area contributed by atoms with Gasteiger partial charge in [0.1, 0.15) is 5.75 Å². The van der Waals surface area contributed by atoms with Crippen LogP contribution in [0.5, 0.6) is 5.75 Å². The van der Waals surface area contributed by atoms with Gasteiger partial charge in [-0.3, -0.25) is 4.79 Å². The lowest BCUT2D eigenvalue weighted by atomic mass is 10.0. The standard InChI is InChI=1S/C18H13NO4/c20-16-9-11-5-4-8-13(18(22)23)14(11)10-15(16)17(21)19-12-6-2-1-3-7-12/h1-10,20H,(H,19,21)(H,22,23). The highest BCUT2D eigenvalue weighted by Gasteiger charge is 2.16. The van der Waals surface area contributed by atoms with Crippen LogP contribution in [0.1, 0.15) is 20.7 Å². The first-order valence-corrected chi connectivity index (χ1v) is 6.91. The Hall–Kier alpha value is -3.34. The van der Waals surface area contributed by atoms with Crippen LogP contribution in [0.4, 0.5) is 5.69 Å². The minimum atomic E-state index is -1.09. The third-order valence-electron chi connectivity index (χ3n) is 3.50. The topological polar surface area (TPSA) is 86.6 Å². The van der Waals surface area contributed by atoms with Crippen molar-refractivity contribution < 1.29 is 19.8 Å². The number of carbonyl (C=O) groups excluding carboxylic acids is 1. The summed E-state index contributed by atoms with van der Waals surface area (Å²) in [6.45, 7) is 0. The number of anilines is 1. The SMILES string of the molecule is O=C(Nc1ccccc1)c1cc2c(C(=O)O)cccc2cc1O. The van der Waals surface area contributed by atoms with E-state index in [4.69, 9.17) is 0 Å². The summed E-state index contributed by atoms with van der Waals surface area (Å²) in [6, 6.07) is 16.3. The van der Waals surface area contributed by atoms with Crippen molar-refractivity contribution in [3.63, 3.8) is 0 Å². The van der Waals surface area contributed by atoms with Gasteiger partial charge in [0, 0.05) is 5.69 Å². The molecule has 0 radical (unpaired) electrons. The van der Waals surface area contributed by atoms with Crippen molar-refractivity contribution in [1.29, 1.82) is 0 Å². The lowest BCUT2D eigenvalue weighted by molar-refractivity contribution is 0.0698. The van der Waals surface area contributed by atoms with Crippen molar-refractivity contribution >= 4 is 28.3 Å². The van der Waals surface area contributed by atoms with Gasteiger partial charge in [-0.2, -0.15) is 0 Å². The number of phenolic OH excluding ortho intramolecular Hbond substituents is 1. The Kier molecular flexibility index (Phi) is 3.68. The molecular formula is C18H13NO4. The molecule has 5 heteroatoms. The van der Waals surface area contributed by atoms with Gasteiger partial charge in [0.2, 0.25) is 0 Å². The van der Waals surface area contributed by atoms with Gasteiger partial charge >= 0.3 is 5.97 Å². The van der Waals surface area contributed by atoms with Crippen LogP contribution in [0.2, 0.25) is 0 Å². The van der Waals surface area contributed by atoms with Crippen LogP contribution in [0.25, 0.3) is 10.8 Å². The quantitative estimate of drug-likeness (QED) is 0.691. The number of aromatic carboxylic acids is 1. The zero-order valence-corrected chi connectivity index (χ0v) is 12.0. The molecule has 23 heavy (non-hydrogen) atoms. The summed E-state index contributed by atoms with van der Waals surface area (Å²) < 4.78 is 0. The van der Waals surface area contributed by atoms with Gasteiger partial charge in [-0.05, 0) is 41.1 Å². The highest BCUT2D eigenvalue weighted by atomic mass is 16.4. The molecule has 3 aromatic rings. The molecule has 3 aromatic carbocycles. The maximum Gasteiger partial charge on any atom is 0.336 e. The van der Waals surface area contributed by atoms with Crippen molar-refractivity contribution in [1.82, 2.24) is 0 Å². The smallest absolute Gasteiger partial charge is 0.336 e. The van der Waals surface area contributed by atoms with Gasteiger partial charge < -0.3 is 15.5 Å². The van der Waals surface area contributed by atoms with Crippen LogP contribution in [0.15, 0.2) is 60.7 Å². The predicted octanol–water partition coefficient (Wildman–Crippen LogP) is 3.50. The van der Waals surface area contributed by atoms with Crippen LogP contribution < -0.4 is 5.32 Å². The molecule has 3 N–H and O–H groups in total. The van der Waals surface area contributed by atoms with Crippen molar-refractivity contribution in [2.24, 2.45) is 0 Å². The van der Waals surface area contributed by atoms with Crippen LogP contribution in [-0.4, -0.2) is 22.1 Å². The Morgan fingerprint density at radius 1 is 0.870 bits per heavy atom. The Bertz CT molecular complexity index is 904. The molecule has 0 aromatic heterocycles. The molecule has 0 heterocycles. The van der Waals surface area contributed by atoms with Gasteiger partial charge in [-0.1, -0.05) is 30.3 Å². The molecule has 0 aliphatic heterocycles. The average molecular weight is 307 g/mol. The lowest BCUT2D eigenvalue weighted by Crippen LogP contribution is -2.12. The van der Waals surface area contributed by atoms with E-state index in [0.29, 0.717) is 16.5 Å². The first-order chi connectivity index (χ1) is 11.1. The number of nitrogens with one attached hydrogen (secondary N) is 1. The van der Waals surface area contributed by atoms with Crippen molar-refractivity contribution in [3.8, 4) is 5.75 Å². The number of phenols is 1. The number of amides is 1. The number of fused-ring (bicyclic) bond motifs is 1. The summed E-state index contributed by atoms with van der Waals surface area (Å²) in [5.74, 6) is -1.79. The van der Waals surface area contributed by atoms with Crippen LogP contribution in [0, 0.1) is 0 Å². The van der Waals surface area contributed by atoms with E-state index in [1.54, 1.807) is 36.4 Å². The summed E-state index contributed by atoms with van der Waals surface area (Å²) >= 11 is 0. The fourth-order valence-corrected chi connectivity index (χ4v) is 2.40. The number of rotatable bonds is 3. The summed E-state index contributed by atoms with van der Waals surface area (Å²) in [5.41, 5.74) is 0.690. The number of carbonyl (C=O) groups is 2. The summed E-state index contributed by atoms with van der Waals surface area (Å²) in [5, 5.41) is 23.0. The highest BCUT2D eigenvalue weighted by molar-refractivity contribution is 6.11. The largest absolute Gasteiger partial charge is 0.507 e. The number of aromatic hydroxyl groups is 1. The van der Waals surface area contributed by atoms with E-state index in [1.807, 2.05) is 6.07 Å². The number of hydrogen-bond donors (Lipinski definition) is 3. The van der Waals surface area contributed by atoms with Gasteiger partial charge in [-0.15, -0.1) is 0 Å². The second-order valence-electron chi connectivity index (χ2n) is 5.02. The van der Waals surface area contributed by atoms with Crippen molar-refractivity contribution in [2.75, 3.05) is 5.32 Å². The summed E-state index contributed by atoms with van der Waals surface area (Å²) in [4.78, 5) is 23.7. The maximum absolute atomic E-state index is 12.3. The monoisotopic (exact) mass is 307 g/mol. The van der Waals surface area contributed by atoms with Crippen LogP contribution in [0.3, 0.4) is 0 Å². The zero-order valence-electron chi connectivity index (χ0n) is 12.0. The fraction of sp³-hybridized carbons (Fsp3) is 0. The predicted molar refractivity (Wildman–Crippen MR) is 87.0 cm³/mol. The molecule has 114 valence electrons. The molecule has 0 saturated carbocycles. The Morgan fingerprint density at radius 2 is 1.61 bits per heavy atom. The normalized spacial score (nSPS) is 10.4. The van der Waals surface area contributed by atoms with Crippen molar-refractivity contribution in [3.05, 3.63) is 71.8 Å². The van der Waals surface area contributed by atoms with E-state index in [9.17, 15) is 19.8 Å². The molecule has 1 amide bonds. The van der Waals surface area contributed by atoms with E-state index < -0.39 is 11.9 Å². The lowest BCUT2D eigenvalue weighted by Gasteiger charge is -2.09. The zero-order chi connectivity index (χ0) is 16.4. The molecule has 0 aliphatic carbocycles. The molecule has 0 spiro atoms. The molecule has 0 unspecified atom stereocenters. The molecule has 0 aliphatic rings. The molecule has 0 atom stereocenters. The summed E-state index contributed by atoms with van der Waals surface area (Å²) in [7, 11) is 0. The highest BCUT2D eigenvalue weighted by Crippen LogP contribution is 2.28. The van der Waals surface area contributed by atoms with E-state index in [1.165, 1.54) is 18.2 Å². The molecule has 0 saturated heterocycles. The Labute approximate surface area is 131 Å². The van der Waals surface area contributed by atoms with E-state index in [0.717, 1.165) is 0 Å². The fourth-order valence-electron chi connectivity index (χ4n) is 2.40. The average Bonchev–Trinajstić information content (AvgIpc) is 2.54. The molecule has 0 fully saturated rings. The van der Waals surface area contributed by atoms with Gasteiger partial charge in [0.05, 0.1) is 11.1 Å². The third kappa shape index (κ3) is 2.85. The van der Waals surface area contributed by atoms with Crippen molar-refractivity contribution in [2.45, 2.75) is 0 Å². The van der Waals surface area contributed by atoms with Gasteiger partial charge in [0.25, 0.3) is 5.91 Å². The molecular weight excluding hydrogens is 294 g/mol. The van der Waals surface area contributed by atoms with Crippen LogP contribution >= 0.6 is 0 Å². The first kappa shape index (κ1) is 14.6. The second-order valence-corrected chi connectivity index (χ2v) is 5.02. The maximum atomic E-state index is 12.3. The molecule has 5 nitrogen and oxygen atoms in total. The number of carboxylic acids is 1. The number of para-hydroxylation sites is 1. The molecule has 0 bridgehead atoms. The first-order valence-electron chi connectivity index (χ1n) is 6.91. The van der Waals surface area contributed by atoms with Gasteiger partial charge in [-0.25, -0.2) is 4.79 Å². The minimum Gasteiger partial charge on any atom is -0.507 e. The molecule has 3 rings (SSSR count). The van der Waals surface area contributed by atoms with E-state index in [-0.39, 0.29) is 16.9 Å². The van der Waals surface area contributed by atoms with E-state index >= 15 is 0 Å². The van der Waals surface area contributed by atoms with Crippen LogP contribution in [-0.2, 0) is 0 Å². The second kappa shape index (κ2) is 5.81. The van der Waals surface area contributed by atoms with Gasteiger partial charge in [0.15, 0.2) is 0 Å². The third-order valence-corrected chi connectivity index (χ3v) is 3.50. The minimum absolute atomic E-state index is 0.0232. The summed E-state index contributed by atoms with van der Waals surface area (Å²) in [6.07, 6.45) is 0.